The molecule has 2 rings (SSSR count). The average Bonchev–Trinajstić information content (AvgIpc) is 2.86. The van der Waals surface area contributed by atoms with Crippen molar-refractivity contribution in [3.05, 3.63) is 34.0 Å². The number of amides is 1. The molecule has 0 saturated heterocycles. The van der Waals surface area contributed by atoms with Crippen LogP contribution < -0.4 is 5.32 Å². The molecule has 0 aliphatic rings. The molecule has 0 radical (unpaired) electrons. The zero-order valence-corrected chi connectivity index (χ0v) is 11.7. The van der Waals surface area contributed by atoms with E-state index in [1.807, 2.05) is 26.2 Å². The summed E-state index contributed by atoms with van der Waals surface area (Å²) in [5.41, 5.74) is 1.05. The summed E-state index contributed by atoms with van der Waals surface area (Å²) in [6.07, 6.45) is 3.25. The Morgan fingerprint density at radius 2 is 2.22 bits per heavy atom. The van der Waals surface area contributed by atoms with Crippen LogP contribution in [0.3, 0.4) is 0 Å². The number of hydrogen-bond acceptors (Lipinski definition) is 4. The molecule has 6 heteroatoms. The molecule has 2 aromatic heterocycles. The zero-order valence-electron chi connectivity index (χ0n) is 10.9. The third-order valence-corrected chi connectivity index (χ3v) is 3.83. The summed E-state index contributed by atoms with van der Waals surface area (Å²) < 4.78 is 1.61. The van der Waals surface area contributed by atoms with Crippen LogP contribution in [0.1, 0.15) is 34.9 Å². The van der Waals surface area contributed by atoms with Crippen LogP contribution in [-0.4, -0.2) is 20.7 Å². The fourth-order valence-electron chi connectivity index (χ4n) is 1.59. The number of carbonyl (C=O) groups is 1. The minimum atomic E-state index is -0.480. The van der Waals surface area contributed by atoms with Crippen molar-refractivity contribution in [2.24, 2.45) is 7.05 Å². The molecular weight excluding hydrogens is 248 g/mol. The number of carbonyl (C=O) groups excluding carboxylic acids is 1. The third kappa shape index (κ3) is 2.59. The molecule has 0 saturated carbocycles. The number of nitrogens with one attached hydrogen (secondary N) is 1. The van der Waals surface area contributed by atoms with E-state index in [-0.39, 0.29) is 5.91 Å². The molecule has 1 amide bonds. The molecule has 2 heterocycles. The number of hydrogen-bond donors (Lipinski definition) is 1. The minimum absolute atomic E-state index is 0.138. The molecule has 0 bridgehead atoms. The highest BCUT2D eigenvalue weighted by Gasteiger charge is 2.26. The van der Waals surface area contributed by atoms with Crippen LogP contribution in [0.25, 0.3) is 0 Å². The average molecular weight is 264 g/mol. The van der Waals surface area contributed by atoms with E-state index in [1.165, 1.54) is 0 Å². The Hall–Kier alpha value is -1.69. The quantitative estimate of drug-likeness (QED) is 0.920. The van der Waals surface area contributed by atoms with Gasteiger partial charge in [0.05, 0.1) is 17.3 Å². The first-order valence-corrected chi connectivity index (χ1v) is 6.50. The number of aryl methyl sites for hydroxylation is 2. The fraction of sp³-hybridized carbons (Fsp3) is 0.417. The van der Waals surface area contributed by atoms with Crippen molar-refractivity contribution in [1.29, 1.82) is 0 Å². The number of thiazole rings is 1. The number of aromatic nitrogens is 3. The van der Waals surface area contributed by atoms with Crippen LogP contribution in [0, 0.1) is 6.92 Å². The molecule has 0 unspecified atom stereocenters. The third-order valence-electron chi connectivity index (χ3n) is 2.55. The van der Waals surface area contributed by atoms with E-state index in [2.05, 4.69) is 15.4 Å². The van der Waals surface area contributed by atoms with Gasteiger partial charge < -0.3 is 5.32 Å². The second-order valence-corrected chi connectivity index (χ2v) is 5.63. The lowest BCUT2D eigenvalue weighted by Gasteiger charge is -2.23. The van der Waals surface area contributed by atoms with E-state index in [4.69, 9.17) is 0 Å². The Balaban J connectivity index is 2.15. The molecule has 18 heavy (non-hydrogen) atoms. The summed E-state index contributed by atoms with van der Waals surface area (Å²) in [6, 6.07) is 0. The lowest BCUT2D eigenvalue weighted by molar-refractivity contribution is 0.0912. The van der Waals surface area contributed by atoms with Gasteiger partial charge in [0.2, 0.25) is 0 Å². The van der Waals surface area contributed by atoms with Crippen molar-refractivity contribution in [1.82, 2.24) is 20.1 Å². The van der Waals surface area contributed by atoms with E-state index in [9.17, 15) is 4.79 Å². The summed E-state index contributed by atoms with van der Waals surface area (Å²) in [5, 5.41) is 9.84. The number of nitrogens with zero attached hydrogens (tertiary/aromatic N) is 3. The van der Waals surface area contributed by atoms with E-state index < -0.39 is 5.54 Å². The lowest BCUT2D eigenvalue weighted by atomic mass is 10.1. The highest BCUT2D eigenvalue weighted by molar-refractivity contribution is 7.09. The largest absolute Gasteiger partial charge is 0.341 e. The van der Waals surface area contributed by atoms with Crippen LogP contribution >= 0.6 is 11.3 Å². The van der Waals surface area contributed by atoms with Gasteiger partial charge in [0, 0.05) is 24.3 Å². The summed E-state index contributed by atoms with van der Waals surface area (Å²) in [6.45, 7) is 5.83. The van der Waals surface area contributed by atoms with E-state index in [0.29, 0.717) is 5.56 Å². The molecule has 5 nitrogen and oxygen atoms in total. The standard InChI is InChI=1S/C12H16N4OS/c1-8-7-18-11(14-8)12(2,3)15-10(17)9-5-13-16(4)6-9/h5-7H,1-4H3,(H,15,17). The van der Waals surface area contributed by atoms with Crippen LogP contribution in [-0.2, 0) is 12.6 Å². The van der Waals surface area contributed by atoms with Crippen molar-refractivity contribution in [3.8, 4) is 0 Å². The first kappa shape index (κ1) is 12.8. The molecule has 0 atom stereocenters. The number of rotatable bonds is 3. The van der Waals surface area contributed by atoms with Crippen LogP contribution in [0.4, 0.5) is 0 Å². The van der Waals surface area contributed by atoms with Gasteiger partial charge in [-0.05, 0) is 20.8 Å². The lowest BCUT2D eigenvalue weighted by Crippen LogP contribution is -2.40. The molecule has 0 aliphatic heterocycles. The molecule has 0 aliphatic carbocycles. The van der Waals surface area contributed by atoms with Crippen molar-refractivity contribution >= 4 is 17.2 Å². The van der Waals surface area contributed by atoms with Crippen LogP contribution in [0.15, 0.2) is 17.8 Å². The maximum Gasteiger partial charge on any atom is 0.255 e. The van der Waals surface area contributed by atoms with Gasteiger partial charge in [-0.3, -0.25) is 9.48 Å². The van der Waals surface area contributed by atoms with E-state index >= 15 is 0 Å². The Labute approximate surface area is 110 Å². The van der Waals surface area contributed by atoms with Gasteiger partial charge in [0.15, 0.2) is 0 Å². The summed E-state index contributed by atoms with van der Waals surface area (Å²) in [4.78, 5) is 16.5. The predicted molar refractivity (Wildman–Crippen MR) is 70.6 cm³/mol. The zero-order chi connectivity index (χ0) is 13.3. The summed E-state index contributed by atoms with van der Waals surface area (Å²) >= 11 is 1.55. The fourth-order valence-corrected chi connectivity index (χ4v) is 2.47. The normalized spacial score (nSPS) is 11.6. The topological polar surface area (TPSA) is 59.8 Å². The molecule has 2 aromatic rings. The Bertz CT molecular complexity index is 570. The van der Waals surface area contributed by atoms with E-state index in [1.54, 1.807) is 35.5 Å². The van der Waals surface area contributed by atoms with Gasteiger partial charge >= 0.3 is 0 Å². The molecular formula is C12H16N4OS. The first-order valence-electron chi connectivity index (χ1n) is 5.62. The Morgan fingerprint density at radius 1 is 1.50 bits per heavy atom. The second kappa shape index (κ2) is 4.53. The molecule has 0 aromatic carbocycles. The van der Waals surface area contributed by atoms with Gasteiger partial charge in [0.25, 0.3) is 5.91 Å². The maximum atomic E-state index is 12.1. The van der Waals surface area contributed by atoms with Crippen molar-refractivity contribution in [2.75, 3.05) is 0 Å². The molecule has 96 valence electrons. The Morgan fingerprint density at radius 3 is 2.72 bits per heavy atom. The van der Waals surface area contributed by atoms with Gasteiger partial charge in [0.1, 0.15) is 5.01 Å². The first-order chi connectivity index (χ1) is 8.38. The molecule has 0 spiro atoms. The van der Waals surface area contributed by atoms with Crippen LogP contribution in [0.5, 0.6) is 0 Å². The highest BCUT2D eigenvalue weighted by atomic mass is 32.1. The summed E-state index contributed by atoms with van der Waals surface area (Å²) in [7, 11) is 1.78. The van der Waals surface area contributed by atoms with Crippen LogP contribution in [0.2, 0.25) is 0 Å². The maximum absolute atomic E-state index is 12.1. The minimum Gasteiger partial charge on any atom is -0.341 e. The smallest absolute Gasteiger partial charge is 0.255 e. The van der Waals surface area contributed by atoms with Gasteiger partial charge in [-0.15, -0.1) is 11.3 Å². The predicted octanol–water partition coefficient (Wildman–Crippen LogP) is 1.85. The Kier molecular flexibility index (Phi) is 3.21. The second-order valence-electron chi connectivity index (χ2n) is 4.78. The van der Waals surface area contributed by atoms with Crippen molar-refractivity contribution in [2.45, 2.75) is 26.3 Å². The SMILES string of the molecule is Cc1csc(C(C)(C)NC(=O)c2cnn(C)c2)n1. The summed E-state index contributed by atoms with van der Waals surface area (Å²) in [5.74, 6) is -0.138. The highest BCUT2D eigenvalue weighted by Crippen LogP contribution is 2.24. The monoisotopic (exact) mass is 264 g/mol. The van der Waals surface area contributed by atoms with E-state index in [0.717, 1.165) is 10.7 Å². The molecule has 0 fully saturated rings. The van der Waals surface area contributed by atoms with Gasteiger partial charge in [-0.1, -0.05) is 0 Å². The van der Waals surface area contributed by atoms with Gasteiger partial charge in [-0.25, -0.2) is 4.98 Å². The molecule has 1 N–H and O–H groups in total. The van der Waals surface area contributed by atoms with Crippen molar-refractivity contribution in [3.63, 3.8) is 0 Å². The van der Waals surface area contributed by atoms with Gasteiger partial charge in [-0.2, -0.15) is 5.10 Å². The van der Waals surface area contributed by atoms with Crippen molar-refractivity contribution < 1.29 is 4.79 Å².